The molecule has 0 unspecified atom stereocenters. The van der Waals surface area contributed by atoms with Crippen molar-refractivity contribution < 1.29 is 28.5 Å². The summed E-state index contributed by atoms with van der Waals surface area (Å²) in [4.78, 5) is 24.3. The molecule has 0 fully saturated rings. The van der Waals surface area contributed by atoms with Crippen LogP contribution >= 0.6 is 15.9 Å². The van der Waals surface area contributed by atoms with Gasteiger partial charge in [-0.25, -0.2) is 4.79 Å². The van der Waals surface area contributed by atoms with Crippen LogP contribution in [0.5, 0.6) is 11.5 Å². The number of benzene rings is 2. The Morgan fingerprint density at radius 3 is 2.11 bits per heavy atom. The lowest BCUT2D eigenvalue weighted by Crippen LogP contribution is -2.17. The highest BCUT2D eigenvalue weighted by Gasteiger charge is 2.15. The average molecular weight is 453 g/mol. The van der Waals surface area contributed by atoms with Gasteiger partial charge in [-0.05, 0) is 46.3 Å². The van der Waals surface area contributed by atoms with Gasteiger partial charge in [0.15, 0.2) is 0 Å². The van der Waals surface area contributed by atoms with Crippen LogP contribution < -0.4 is 20.1 Å². The quantitative estimate of drug-likeness (QED) is 0.589. The number of methoxy groups -OCH3 is 3. The predicted molar refractivity (Wildman–Crippen MR) is 108 cm³/mol. The van der Waals surface area contributed by atoms with Crippen molar-refractivity contribution in [1.29, 1.82) is 0 Å². The van der Waals surface area contributed by atoms with Crippen molar-refractivity contribution in [3.05, 3.63) is 46.4 Å². The maximum absolute atomic E-state index is 12.6. The molecule has 2 aromatic carbocycles. The van der Waals surface area contributed by atoms with E-state index in [1.165, 1.54) is 21.3 Å². The maximum atomic E-state index is 12.6. The summed E-state index contributed by atoms with van der Waals surface area (Å²) in [5, 5.41) is 5.35. The number of amides is 2. The molecule has 0 aliphatic carbocycles. The molecule has 2 amide bonds. The second-order valence-corrected chi connectivity index (χ2v) is 6.28. The number of ether oxygens (including phenoxy) is 4. The van der Waals surface area contributed by atoms with E-state index in [-0.39, 0.29) is 12.5 Å². The van der Waals surface area contributed by atoms with Gasteiger partial charge in [0.05, 0.1) is 20.8 Å². The third kappa shape index (κ3) is 5.86. The molecule has 0 heterocycles. The molecule has 2 rings (SSSR count). The largest absolute Gasteiger partial charge is 0.495 e. The van der Waals surface area contributed by atoms with Gasteiger partial charge in [-0.3, -0.25) is 10.1 Å². The summed E-state index contributed by atoms with van der Waals surface area (Å²) in [6, 6.07) is 9.88. The second kappa shape index (κ2) is 10.5. The lowest BCUT2D eigenvalue weighted by Gasteiger charge is -2.12. The van der Waals surface area contributed by atoms with Crippen LogP contribution in [0.3, 0.4) is 0 Å². The summed E-state index contributed by atoms with van der Waals surface area (Å²) in [7, 11) is 4.52. The number of rotatable bonds is 8. The van der Waals surface area contributed by atoms with Crippen molar-refractivity contribution in [2.45, 2.75) is 0 Å². The molecular weight excluding hydrogens is 432 g/mol. The normalized spacial score (nSPS) is 10.1. The lowest BCUT2D eigenvalue weighted by atomic mass is 10.1. The van der Waals surface area contributed by atoms with E-state index in [0.717, 1.165) is 0 Å². The van der Waals surface area contributed by atoms with E-state index >= 15 is 0 Å². The fourth-order valence-electron chi connectivity index (χ4n) is 2.25. The first-order valence-electron chi connectivity index (χ1n) is 8.24. The third-order valence-electron chi connectivity index (χ3n) is 3.60. The molecule has 0 spiro atoms. The molecule has 2 N–H and O–H groups in total. The monoisotopic (exact) mass is 452 g/mol. The molecule has 8 nitrogen and oxygen atoms in total. The van der Waals surface area contributed by atoms with E-state index in [4.69, 9.17) is 18.9 Å². The van der Waals surface area contributed by atoms with Crippen molar-refractivity contribution in [3.8, 4) is 11.5 Å². The molecule has 0 atom stereocenters. The molecule has 9 heteroatoms. The SMILES string of the molecule is COCCOC(=O)Nc1cccc(NC(=O)c2cc(OC)c(Br)c(OC)c2)c1. The topological polar surface area (TPSA) is 95.1 Å². The van der Waals surface area contributed by atoms with Crippen LogP contribution in [0.4, 0.5) is 16.2 Å². The fourth-order valence-corrected chi connectivity index (χ4v) is 2.80. The molecule has 0 radical (unpaired) electrons. The fraction of sp³-hybridized carbons (Fsp3) is 0.263. The summed E-state index contributed by atoms with van der Waals surface area (Å²) >= 11 is 3.36. The van der Waals surface area contributed by atoms with E-state index in [2.05, 4.69) is 26.6 Å². The van der Waals surface area contributed by atoms with E-state index in [1.807, 2.05) is 0 Å². The van der Waals surface area contributed by atoms with Gasteiger partial charge in [-0.2, -0.15) is 0 Å². The first kappa shape index (κ1) is 21.5. The predicted octanol–water partition coefficient (Wildman–Crippen LogP) is 3.91. The number of nitrogens with one attached hydrogen (secondary N) is 2. The van der Waals surface area contributed by atoms with Crippen molar-refractivity contribution in [2.24, 2.45) is 0 Å². The Hall–Kier alpha value is -2.78. The van der Waals surface area contributed by atoms with Gasteiger partial charge in [-0.15, -0.1) is 0 Å². The van der Waals surface area contributed by atoms with Crippen LogP contribution in [0.2, 0.25) is 0 Å². The van der Waals surface area contributed by atoms with Gasteiger partial charge in [0.25, 0.3) is 5.91 Å². The highest BCUT2D eigenvalue weighted by molar-refractivity contribution is 9.10. The number of carbonyl (C=O) groups excluding carboxylic acids is 2. The summed E-state index contributed by atoms with van der Waals surface area (Å²) in [5.74, 6) is 0.585. The van der Waals surface area contributed by atoms with Crippen molar-refractivity contribution in [3.63, 3.8) is 0 Å². The van der Waals surface area contributed by atoms with Crippen LogP contribution in [-0.4, -0.2) is 46.5 Å². The summed E-state index contributed by atoms with van der Waals surface area (Å²) in [6.07, 6.45) is -0.608. The van der Waals surface area contributed by atoms with E-state index in [0.29, 0.717) is 39.5 Å². The van der Waals surface area contributed by atoms with Crippen molar-refractivity contribution >= 4 is 39.3 Å². The zero-order valence-electron chi connectivity index (χ0n) is 15.7. The zero-order chi connectivity index (χ0) is 20.5. The molecular formula is C19H21BrN2O6. The Morgan fingerprint density at radius 2 is 1.54 bits per heavy atom. The van der Waals surface area contributed by atoms with Gasteiger partial charge < -0.3 is 24.3 Å². The molecule has 2 aromatic rings. The van der Waals surface area contributed by atoms with Gasteiger partial charge in [0, 0.05) is 24.0 Å². The first-order valence-corrected chi connectivity index (χ1v) is 9.03. The van der Waals surface area contributed by atoms with E-state index in [9.17, 15) is 9.59 Å². The minimum absolute atomic E-state index is 0.145. The summed E-state index contributed by atoms with van der Waals surface area (Å²) in [5.41, 5.74) is 1.33. The highest BCUT2D eigenvalue weighted by atomic mass is 79.9. The van der Waals surface area contributed by atoms with Crippen LogP contribution in [0, 0.1) is 0 Å². The number of carbonyl (C=O) groups is 2. The molecule has 0 saturated heterocycles. The lowest BCUT2D eigenvalue weighted by molar-refractivity contribution is 0.102. The molecule has 0 aliphatic rings. The highest BCUT2D eigenvalue weighted by Crippen LogP contribution is 2.35. The molecule has 0 aliphatic heterocycles. The summed E-state index contributed by atoms with van der Waals surface area (Å²) < 4.78 is 20.9. The minimum atomic E-state index is -0.608. The Balaban J connectivity index is 2.09. The zero-order valence-corrected chi connectivity index (χ0v) is 17.3. The maximum Gasteiger partial charge on any atom is 0.411 e. The van der Waals surface area contributed by atoms with Crippen LogP contribution in [0.25, 0.3) is 0 Å². The van der Waals surface area contributed by atoms with Gasteiger partial charge in [0.2, 0.25) is 0 Å². The Labute approximate surface area is 171 Å². The molecule has 0 saturated carbocycles. The smallest absolute Gasteiger partial charge is 0.411 e. The van der Waals surface area contributed by atoms with Gasteiger partial charge in [-0.1, -0.05) is 6.07 Å². The van der Waals surface area contributed by atoms with Crippen LogP contribution in [-0.2, 0) is 9.47 Å². The number of anilines is 2. The summed E-state index contributed by atoms with van der Waals surface area (Å²) in [6.45, 7) is 0.454. The van der Waals surface area contributed by atoms with Crippen molar-refractivity contribution in [1.82, 2.24) is 0 Å². The Bertz CT molecular complexity index is 818. The number of hydrogen-bond donors (Lipinski definition) is 2. The van der Waals surface area contributed by atoms with Crippen LogP contribution in [0.15, 0.2) is 40.9 Å². The molecule has 0 aromatic heterocycles. The number of hydrogen-bond acceptors (Lipinski definition) is 6. The Morgan fingerprint density at radius 1 is 0.929 bits per heavy atom. The average Bonchev–Trinajstić information content (AvgIpc) is 2.68. The molecule has 28 heavy (non-hydrogen) atoms. The van der Waals surface area contributed by atoms with Crippen LogP contribution in [0.1, 0.15) is 10.4 Å². The minimum Gasteiger partial charge on any atom is -0.495 e. The first-order chi connectivity index (χ1) is 13.5. The van der Waals surface area contributed by atoms with E-state index < -0.39 is 6.09 Å². The number of halogens is 1. The van der Waals surface area contributed by atoms with Crippen molar-refractivity contribution in [2.75, 3.05) is 45.2 Å². The van der Waals surface area contributed by atoms with Gasteiger partial charge in [0.1, 0.15) is 22.6 Å². The standard InChI is InChI=1S/C19H21BrN2O6/c1-25-7-8-28-19(24)22-14-6-4-5-13(11-14)21-18(23)12-9-15(26-2)17(20)16(10-12)27-3/h4-6,9-11H,7-8H2,1-3H3,(H,21,23)(H,22,24). The third-order valence-corrected chi connectivity index (χ3v) is 4.38. The molecule has 0 bridgehead atoms. The van der Waals surface area contributed by atoms with Gasteiger partial charge >= 0.3 is 6.09 Å². The Kier molecular flexibility index (Phi) is 8.09. The molecule has 150 valence electrons. The second-order valence-electron chi connectivity index (χ2n) is 5.48. The van der Waals surface area contributed by atoms with E-state index in [1.54, 1.807) is 36.4 Å².